The van der Waals surface area contributed by atoms with Gasteiger partial charge in [0.15, 0.2) is 5.16 Å². The molecule has 7 heteroatoms. The topological polar surface area (TPSA) is 58.6 Å². The number of thioether (sulfide) groups is 1. The molecule has 1 aromatic heterocycles. The van der Waals surface area contributed by atoms with E-state index in [1.54, 1.807) is 11.8 Å². The van der Waals surface area contributed by atoms with Gasteiger partial charge in [0, 0.05) is 49.6 Å². The minimum atomic E-state index is 0.0577. The third kappa shape index (κ3) is 6.56. The summed E-state index contributed by atoms with van der Waals surface area (Å²) in [6, 6.07) is 30.5. The molecule has 0 saturated carbocycles. The maximum Gasteiger partial charge on any atom is 0.254 e. The van der Waals surface area contributed by atoms with E-state index in [0.717, 1.165) is 29.2 Å². The molecule has 37 heavy (non-hydrogen) atoms. The van der Waals surface area contributed by atoms with Crippen LogP contribution in [0.15, 0.2) is 96.2 Å². The van der Waals surface area contributed by atoms with Gasteiger partial charge in [-0.05, 0) is 23.3 Å². The van der Waals surface area contributed by atoms with E-state index >= 15 is 0 Å². The number of rotatable bonds is 8. The quantitative estimate of drug-likeness (QED) is 0.229. The Labute approximate surface area is 222 Å². The lowest BCUT2D eigenvalue weighted by atomic mass is 10.1. The molecule has 1 aliphatic heterocycles. The minimum Gasteiger partial charge on any atom is -0.378 e. The number of ether oxygens (including phenoxy) is 1. The predicted octanol–water partition coefficient (Wildman–Crippen LogP) is 5.54. The van der Waals surface area contributed by atoms with Crippen LogP contribution in [0.4, 0.5) is 5.82 Å². The van der Waals surface area contributed by atoms with Crippen molar-refractivity contribution < 1.29 is 9.53 Å². The first kappa shape index (κ1) is 25.0. The highest BCUT2D eigenvalue weighted by molar-refractivity contribution is 7.98. The van der Waals surface area contributed by atoms with Gasteiger partial charge in [-0.1, -0.05) is 84.6 Å². The molecule has 3 aromatic carbocycles. The molecule has 0 unspecified atom stereocenters. The van der Waals surface area contributed by atoms with Crippen molar-refractivity contribution in [1.29, 1.82) is 0 Å². The van der Waals surface area contributed by atoms with Crippen LogP contribution in [0, 0.1) is 0 Å². The fraction of sp³-hybridized carbons (Fsp3) is 0.233. The summed E-state index contributed by atoms with van der Waals surface area (Å²) in [7, 11) is 2.05. The van der Waals surface area contributed by atoms with Gasteiger partial charge in [0.05, 0.1) is 18.9 Å². The fourth-order valence-electron chi connectivity index (χ4n) is 4.26. The summed E-state index contributed by atoms with van der Waals surface area (Å²) in [5.41, 5.74) is 4.95. The normalized spacial score (nSPS) is 13.4. The zero-order valence-electron chi connectivity index (χ0n) is 20.9. The second kappa shape index (κ2) is 12.0. The smallest absolute Gasteiger partial charge is 0.254 e. The predicted molar refractivity (Wildman–Crippen MR) is 149 cm³/mol. The van der Waals surface area contributed by atoms with Gasteiger partial charge in [0.2, 0.25) is 0 Å². The Bertz CT molecular complexity index is 1330. The summed E-state index contributed by atoms with van der Waals surface area (Å²) in [5, 5.41) is 0.709. The van der Waals surface area contributed by atoms with Gasteiger partial charge in [-0.15, -0.1) is 0 Å². The fourth-order valence-corrected chi connectivity index (χ4v) is 5.06. The Morgan fingerprint density at radius 1 is 0.892 bits per heavy atom. The largest absolute Gasteiger partial charge is 0.378 e. The Kier molecular flexibility index (Phi) is 8.13. The van der Waals surface area contributed by atoms with Crippen molar-refractivity contribution in [2.24, 2.45) is 0 Å². The summed E-state index contributed by atoms with van der Waals surface area (Å²) < 4.78 is 5.38. The number of benzene rings is 3. The van der Waals surface area contributed by atoms with E-state index in [9.17, 15) is 4.79 Å². The second-order valence-electron chi connectivity index (χ2n) is 9.00. The van der Waals surface area contributed by atoms with Crippen LogP contribution in [0.5, 0.6) is 0 Å². The number of hydrogen-bond donors (Lipinski definition) is 0. The first-order valence-electron chi connectivity index (χ1n) is 12.4. The average Bonchev–Trinajstić information content (AvgIpc) is 2.97. The molecule has 4 aromatic rings. The third-order valence-electron chi connectivity index (χ3n) is 6.26. The van der Waals surface area contributed by atoms with Gasteiger partial charge in [-0.25, -0.2) is 9.97 Å². The van der Waals surface area contributed by atoms with Gasteiger partial charge in [-0.2, -0.15) is 0 Å². The van der Waals surface area contributed by atoms with Crippen LogP contribution >= 0.6 is 11.8 Å². The Morgan fingerprint density at radius 3 is 2.35 bits per heavy atom. The van der Waals surface area contributed by atoms with Crippen LogP contribution in [-0.2, 0) is 17.0 Å². The zero-order chi connectivity index (χ0) is 25.5. The van der Waals surface area contributed by atoms with E-state index in [4.69, 9.17) is 14.7 Å². The lowest BCUT2D eigenvalue weighted by Gasteiger charge is -2.27. The highest BCUT2D eigenvalue weighted by atomic mass is 32.2. The van der Waals surface area contributed by atoms with E-state index < -0.39 is 0 Å². The second-order valence-corrected chi connectivity index (χ2v) is 9.94. The van der Waals surface area contributed by atoms with Crippen LogP contribution in [0.1, 0.15) is 21.5 Å². The van der Waals surface area contributed by atoms with Crippen molar-refractivity contribution in [2.45, 2.75) is 17.5 Å². The van der Waals surface area contributed by atoms with Crippen molar-refractivity contribution in [2.75, 3.05) is 38.3 Å². The van der Waals surface area contributed by atoms with Crippen LogP contribution in [0.2, 0.25) is 0 Å². The lowest BCUT2D eigenvalue weighted by Crippen LogP contribution is -2.40. The molecule has 1 fully saturated rings. The maximum absolute atomic E-state index is 12.9. The minimum absolute atomic E-state index is 0.0577. The number of morpholine rings is 1. The summed E-state index contributed by atoms with van der Waals surface area (Å²) >= 11 is 1.58. The molecule has 1 saturated heterocycles. The SMILES string of the molecule is CN(Cc1ccccc1)c1cc(-c2ccccc2)nc(SCc2cccc(C(=O)N3CCOCC3)c2)n1. The first-order valence-corrected chi connectivity index (χ1v) is 13.4. The first-order chi connectivity index (χ1) is 18.2. The van der Waals surface area contributed by atoms with Gasteiger partial charge in [0.25, 0.3) is 5.91 Å². The molecule has 0 N–H and O–H groups in total. The Balaban J connectivity index is 1.36. The molecule has 0 atom stereocenters. The van der Waals surface area contributed by atoms with Crippen LogP contribution < -0.4 is 4.90 Å². The van der Waals surface area contributed by atoms with Crippen LogP contribution in [0.25, 0.3) is 11.3 Å². The molecule has 0 radical (unpaired) electrons. The molecule has 188 valence electrons. The molecular weight excluding hydrogens is 480 g/mol. The van der Waals surface area contributed by atoms with Crippen molar-refractivity contribution in [3.05, 3.63) is 108 Å². The number of carbonyl (C=O) groups is 1. The Morgan fingerprint density at radius 2 is 1.59 bits per heavy atom. The summed E-state index contributed by atoms with van der Waals surface area (Å²) in [6.07, 6.45) is 0. The summed E-state index contributed by atoms with van der Waals surface area (Å²) in [4.78, 5) is 26.7. The number of hydrogen-bond acceptors (Lipinski definition) is 6. The standard InChI is InChI=1S/C30H30N4O2S/c1-33(21-23-9-4-2-5-10-23)28-20-27(25-12-6-3-7-13-25)31-30(32-28)37-22-24-11-8-14-26(19-24)29(35)34-15-17-36-18-16-34/h2-14,19-20H,15-18,21-22H2,1H3. The van der Waals surface area contributed by atoms with Crippen molar-refractivity contribution >= 4 is 23.5 Å². The number of anilines is 1. The zero-order valence-corrected chi connectivity index (χ0v) is 21.7. The molecule has 0 aliphatic carbocycles. The highest BCUT2D eigenvalue weighted by Crippen LogP contribution is 2.28. The van der Waals surface area contributed by atoms with E-state index in [-0.39, 0.29) is 5.91 Å². The molecule has 1 amide bonds. The molecule has 0 spiro atoms. The summed E-state index contributed by atoms with van der Waals surface area (Å²) in [6.45, 7) is 3.21. The number of aromatic nitrogens is 2. The Hall–Kier alpha value is -3.68. The number of carbonyl (C=O) groups excluding carboxylic acids is 1. The lowest BCUT2D eigenvalue weighted by molar-refractivity contribution is 0.0303. The van der Waals surface area contributed by atoms with E-state index in [1.807, 2.05) is 59.5 Å². The van der Waals surface area contributed by atoms with Crippen molar-refractivity contribution in [1.82, 2.24) is 14.9 Å². The number of amides is 1. The highest BCUT2D eigenvalue weighted by Gasteiger charge is 2.19. The molecular formula is C30H30N4O2S. The van der Waals surface area contributed by atoms with Gasteiger partial charge < -0.3 is 14.5 Å². The van der Waals surface area contributed by atoms with Crippen molar-refractivity contribution in [3.8, 4) is 11.3 Å². The van der Waals surface area contributed by atoms with Crippen LogP contribution in [0.3, 0.4) is 0 Å². The van der Waals surface area contributed by atoms with Gasteiger partial charge >= 0.3 is 0 Å². The van der Waals surface area contributed by atoms with E-state index in [0.29, 0.717) is 42.8 Å². The van der Waals surface area contributed by atoms with E-state index in [2.05, 4.69) is 48.3 Å². The van der Waals surface area contributed by atoms with Crippen LogP contribution in [-0.4, -0.2) is 54.1 Å². The molecule has 0 bridgehead atoms. The molecule has 6 nitrogen and oxygen atoms in total. The molecule has 5 rings (SSSR count). The van der Waals surface area contributed by atoms with Gasteiger partial charge in [0.1, 0.15) is 5.82 Å². The van der Waals surface area contributed by atoms with Crippen molar-refractivity contribution in [3.63, 3.8) is 0 Å². The third-order valence-corrected chi connectivity index (χ3v) is 7.17. The summed E-state index contributed by atoms with van der Waals surface area (Å²) in [5.74, 6) is 1.60. The number of nitrogens with zero attached hydrogens (tertiary/aromatic N) is 4. The molecule has 1 aliphatic rings. The maximum atomic E-state index is 12.9. The van der Waals surface area contributed by atoms with Gasteiger partial charge in [-0.3, -0.25) is 4.79 Å². The molecule has 2 heterocycles. The average molecular weight is 511 g/mol. The van der Waals surface area contributed by atoms with E-state index in [1.165, 1.54) is 5.56 Å². The monoisotopic (exact) mass is 510 g/mol.